The third-order valence-corrected chi connectivity index (χ3v) is 6.62. The molecule has 1 unspecified atom stereocenters. The van der Waals surface area contributed by atoms with Crippen LogP contribution in [-0.4, -0.2) is 29.3 Å². The fraction of sp³-hybridized carbons (Fsp3) is 0.160. The van der Waals surface area contributed by atoms with Crippen LogP contribution < -0.4 is 15.0 Å². The van der Waals surface area contributed by atoms with E-state index in [0.717, 1.165) is 33.1 Å². The second kappa shape index (κ2) is 9.29. The van der Waals surface area contributed by atoms with E-state index in [1.165, 1.54) is 11.8 Å². The van der Waals surface area contributed by atoms with E-state index >= 15 is 0 Å². The zero-order chi connectivity index (χ0) is 22.8. The van der Waals surface area contributed by atoms with Crippen LogP contribution in [0.25, 0.3) is 11.3 Å². The van der Waals surface area contributed by atoms with Gasteiger partial charge >= 0.3 is 0 Å². The molecule has 0 aliphatic carbocycles. The van der Waals surface area contributed by atoms with Crippen molar-refractivity contribution < 1.29 is 4.74 Å². The quantitative estimate of drug-likeness (QED) is 0.352. The lowest BCUT2D eigenvalue weighted by atomic mass is 10.1. The SMILES string of the molecule is CN(C)c1ccc(C2Nc3ccccc3-c3nnc(SCc4ccccc4Cl)nc3O2)cc1. The lowest BCUT2D eigenvalue weighted by Gasteiger charge is -2.20. The highest BCUT2D eigenvalue weighted by Gasteiger charge is 2.26. The van der Waals surface area contributed by atoms with E-state index in [1.807, 2.05) is 62.6 Å². The Balaban J connectivity index is 1.47. The summed E-state index contributed by atoms with van der Waals surface area (Å²) in [5.74, 6) is 1.09. The average Bonchev–Trinajstić information content (AvgIpc) is 3.00. The molecule has 1 atom stereocenters. The fourth-order valence-electron chi connectivity index (χ4n) is 3.56. The van der Waals surface area contributed by atoms with E-state index in [1.54, 1.807) is 0 Å². The van der Waals surface area contributed by atoms with Gasteiger partial charge in [0.05, 0.1) is 0 Å². The second-order valence-electron chi connectivity index (χ2n) is 7.80. The number of ether oxygens (including phenoxy) is 1. The summed E-state index contributed by atoms with van der Waals surface area (Å²) in [5, 5.41) is 13.6. The third kappa shape index (κ3) is 4.60. The summed E-state index contributed by atoms with van der Waals surface area (Å²) < 4.78 is 6.36. The Morgan fingerprint density at radius 3 is 2.52 bits per heavy atom. The maximum atomic E-state index is 6.36. The van der Waals surface area contributed by atoms with Gasteiger partial charge in [-0.2, -0.15) is 4.98 Å². The van der Waals surface area contributed by atoms with Gasteiger partial charge in [-0.25, -0.2) is 0 Å². The standard InChI is InChI=1S/C25H22ClN5OS/c1-31(2)18-13-11-16(12-14-18)23-27-21-10-6-4-8-19(21)22-24(32-23)28-25(30-29-22)33-15-17-7-3-5-9-20(17)26/h3-14,23,27H,15H2,1-2H3. The van der Waals surface area contributed by atoms with Crippen LogP contribution in [-0.2, 0) is 5.75 Å². The van der Waals surface area contributed by atoms with E-state index in [4.69, 9.17) is 21.3 Å². The molecule has 0 amide bonds. The molecule has 33 heavy (non-hydrogen) atoms. The summed E-state index contributed by atoms with van der Waals surface area (Å²) in [4.78, 5) is 6.78. The molecule has 8 heteroatoms. The van der Waals surface area contributed by atoms with Gasteiger partial charge in [-0.05, 0) is 29.8 Å². The first-order valence-electron chi connectivity index (χ1n) is 10.5. The molecule has 4 aromatic rings. The summed E-state index contributed by atoms with van der Waals surface area (Å²) in [5.41, 5.74) is 5.58. The van der Waals surface area contributed by atoms with Gasteiger partial charge in [0.25, 0.3) is 0 Å². The number of anilines is 2. The number of thioether (sulfide) groups is 1. The van der Waals surface area contributed by atoms with E-state index in [-0.39, 0.29) is 0 Å². The number of hydrogen-bond acceptors (Lipinski definition) is 7. The van der Waals surface area contributed by atoms with Crippen LogP contribution in [0.3, 0.4) is 0 Å². The van der Waals surface area contributed by atoms with Crippen LogP contribution in [0.4, 0.5) is 11.4 Å². The van der Waals surface area contributed by atoms with Gasteiger partial charge < -0.3 is 15.0 Å². The van der Waals surface area contributed by atoms with Gasteiger partial charge in [0, 0.05) is 47.4 Å². The molecule has 0 radical (unpaired) electrons. The van der Waals surface area contributed by atoms with Crippen LogP contribution in [0, 0.1) is 0 Å². The van der Waals surface area contributed by atoms with Crippen molar-refractivity contribution in [3.8, 4) is 17.1 Å². The Morgan fingerprint density at radius 2 is 1.73 bits per heavy atom. The van der Waals surface area contributed by atoms with E-state index in [2.05, 4.69) is 44.7 Å². The molecule has 2 heterocycles. The number of para-hydroxylation sites is 1. The molecule has 0 bridgehead atoms. The zero-order valence-corrected chi connectivity index (χ0v) is 19.8. The second-order valence-corrected chi connectivity index (χ2v) is 9.15. The average molecular weight is 476 g/mol. The fourth-order valence-corrected chi connectivity index (χ4v) is 4.63. The molecule has 1 aromatic heterocycles. The minimum Gasteiger partial charge on any atom is -0.448 e. The first kappa shape index (κ1) is 21.6. The number of rotatable bonds is 5. The Hall–Kier alpha value is -3.29. The number of aromatic nitrogens is 3. The topological polar surface area (TPSA) is 63.2 Å². The van der Waals surface area contributed by atoms with Crippen molar-refractivity contribution in [2.75, 3.05) is 24.3 Å². The molecule has 0 saturated carbocycles. The van der Waals surface area contributed by atoms with Crippen LogP contribution in [0.2, 0.25) is 5.02 Å². The number of hydrogen-bond donors (Lipinski definition) is 1. The van der Waals surface area contributed by atoms with E-state index < -0.39 is 6.23 Å². The van der Waals surface area contributed by atoms with Crippen molar-refractivity contribution in [1.29, 1.82) is 0 Å². The number of nitrogens with one attached hydrogen (secondary N) is 1. The van der Waals surface area contributed by atoms with Gasteiger partial charge in [-0.3, -0.25) is 0 Å². The number of nitrogens with zero attached hydrogens (tertiary/aromatic N) is 4. The molecule has 5 rings (SSSR count). The summed E-state index contributed by atoms with van der Waals surface area (Å²) in [7, 11) is 4.04. The molecule has 0 saturated heterocycles. The Labute approximate surface area is 202 Å². The Kier molecular flexibility index (Phi) is 6.07. The summed E-state index contributed by atoms with van der Waals surface area (Å²) in [6.45, 7) is 0. The van der Waals surface area contributed by atoms with Gasteiger partial charge in [0.1, 0.15) is 0 Å². The van der Waals surface area contributed by atoms with E-state index in [9.17, 15) is 0 Å². The highest BCUT2D eigenvalue weighted by atomic mass is 35.5. The van der Waals surface area contributed by atoms with Crippen LogP contribution in [0.5, 0.6) is 5.88 Å². The van der Waals surface area contributed by atoms with Gasteiger partial charge in [-0.15, -0.1) is 10.2 Å². The minimum atomic E-state index is -0.415. The Bertz CT molecular complexity index is 1280. The maximum absolute atomic E-state index is 6.36. The third-order valence-electron chi connectivity index (χ3n) is 5.36. The first-order valence-corrected chi connectivity index (χ1v) is 11.9. The predicted octanol–water partition coefficient (Wildman–Crippen LogP) is 6.05. The lowest BCUT2D eigenvalue weighted by molar-refractivity contribution is 0.225. The number of halogens is 1. The lowest BCUT2D eigenvalue weighted by Crippen LogP contribution is -2.17. The van der Waals surface area contributed by atoms with Gasteiger partial charge in [0.15, 0.2) is 11.9 Å². The molecule has 6 nitrogen and oxygen atoms in total. The molecular weight excluding hydrogens is 454 g/mol. The van der Waals surface area contributed by atoms with Gasteiger partial charge in [-0.1, -0.05) is 71.9 Å². The molecule has 1 N–H and O–H groups in total. The Morgan fingerprint density at radius 1 is 0.970 bits per heavy atom. The van der Waals surface area contributed by atoms with Crippen molar-refractivity contribution >= 4 is 34.7 Å². The van der Waals surface area contributed by atoms with Crippen molar-refractivity contribution in [2.24, 2.45) is 0 Å². The normalized spacial score (nSPS) is 14.3. The predicted molar refractivity (Wildman–Crippen MR) is 134 cm³/mol. The molecule has 1 aliphatic rings. The summed E-state index contributed by atoms with van der Waals surface area (Å²) >= 11 is 7.77. The summed E-state index contributed by atoms with van der Waals surface area (Å²) in [6.07, 6.45) is -0.415. The molecule has 3 aromatic carbocycles. The highest BCUT2D eigenvalue weighted by Crippen LogP contribution is 2.40. The summed E-state index contributed by atoms with van der Waals surface area (Å²) in [6, 6.07) is 24.0. The smallest absolute Gasteiger partial charge is 0.247 e. The molecule has 0 fully saturated rings. The van der Waals surface area contributed by atoms with Crippen molar-refractivity contribution in [3.63, 3.8) is 0 Å². The van der Waals surface area contributed by atoms with Crippen LogP contribution >= 0.6 is 23.4 Å². The molecular formula is C25H22ClN5OS. The molecule has 1 aliphatic heterocycles. The van der Waals surface area contributed by atoms with Crippen LogP contribution in [0.1, 0.15) is 17.4 Å². The number of fused-ring (bicyclic) bond motifs is 3. The van der Waals surface area contributed by atoms with Gasteiger partial charge in [0.2, 0.25) is 11.0 Å². The van der Waals surface area contributed by atoms with Crippen molar-refractivity contribution in [3.05, 3.63) is 88.9 Å². The molecule has 166 valence electrons. The number of benzene rings is 3. The highest BCUT2D eigenvalue weighted by molar-refractivity contribution is 7.98. The first-order chi connectivity index (χ1) is 16.1. The maximum Gasteiger partial charge on any atom is 0.247 e. The van der Waals surface area contributed by atoms with Crippen molar-refractivity contribution in [1.82, 2.24) is 15.2 Å². The van der Waals surface area contributed by atoms with Crippen molar-refractivity contribution in [2.45, 2.75) is 17.1 Å². The van der Waals surface area contributed by atoms with Crippen LogP contribution in [0.15, 0.2) is 78.0 Å². The minimum absolute atomic E-state index is 0.415. The zero-order valence-electron chi connectivity index (χ0n) is 18.2. The molecule has 0 spiro atoms. The van der Waals surface area contributed by atoms with E-state index in [0.29, 0.717) is 22.5 Å². The monoisotopic (exact) mass is 475 g/mol. The largest absolute Gasteiger partial charge is 0.448 e.